The second-order valence-electron chi connectivity index (χ2n) is 5.97. The van der Waals surface area contributed by atoms with Gasteiger partial charge < -0.3 is 9.55 Å². The molecule has 3 nitrogen and oxygen atoms in total. The SMILES string of the molecule is Cc1cc(C(C)C)c(-c2ccc3c(ccn3C)c2)[nH]c1=O. The molecule has 0 bridgehead atoms. The summed E-state index contributed by atoms with van der Waals surface area (Å²) >= 11 is 0. The Bertz CT molecular complexity index is 869. The summed E-state index contributed by atoms with van der Waals surface area (Å²) in [7, 11) is 2.04. The molecule has 0 amide bonds. The Kier molecular flexibility index (Phi) is 3.20. The Morgan fingerprint density at radius 1 is 1.14 bits per heavy atom. The number of hydrogen-bond acceptors (Lipinski definition) is 1. The van der Waals surface area contributed by atoms with Crippen LogP contribution in [0.2, 0.25) is 0 Å². The smallest absolute Gasteiger partial charge is 0.251 e. The van der Waals surface area contributed by atoms with Crippen LogP contribution in [0.1, 0.15) is 30.9 Å². The first-order valence-corrected chi connectivity index (χ1v) is 7.26. The summed E-state index contributed by atoms with van der Waals surface area (Å²) in [6.45, 7) is 6.16. The van der Waals surface area contributed by atoms with Crippen molar-refractivity contribution in [2.24, 2.45) is 7.05 Å². The van der Waals surface area contributed by atoms with Crippen molar-refractivity contribution in [2.45, 2.75) is 26.7 Å². The highest BCUT2D eigenvalue weighted by Crippen LogP contribution is 2.29. The monoisotopic (exact) mass is 280 g/mol. The standard InChI is InChI=1S/C18H20N2O/c1-11(2)15-9-12(3)18(21)19-17(15)14-5-6-16-13(10-14)7-8-20(16)4/h5-11H,1-4H3,(H,19,21). The van der Waals surface area contributed by atoms with Crippen molar-refractivity contribution >= 4 is 10.9 Å². The maximum atomic E-state index is 12.0. The highest BCUT2D eigenvalue weighted by Gasteiger charge is 2.12. The molecule has 0 spiro atoms. The number of benzene rings is 1. The third-order valence-electron chi connectivity index (χ3n) is 4.05. The van der Waals surface area contributed by atoms with Crippen molar-refractivity contribution < 1.29 is 0 Å². The number of pyridine rings is 1. The zero-order valence-corrected chi connectivity index (χ0v) is 12.9. The first-order chi connectivity index (χ1) is 9.97. The average molecular weight is 280 g/mol. The van der Waals surface area contributed by atoms with E-state index in [2.05, 4.69) is 53.9 Å². The van der Waals surface area contributed by atoms with Crippen LogP contribution in [0.4, 0.5) is 0 Å². The summed E-state index contributed by atoms with van der Waals surface area (Å²) in [4.78, 5) is 15.0. The van der Waals surface area contributed by atoms with Gasteiger partial charge in [-0.25, -0.2) is 0 Å². The third kappa shape index (κ3) is 2.29. The van der Waals surface area contributed by atoms with Gasteiger partial charge in [0.1, 0.15) is 0 Å². The number of aromatic amines is 1. The molecule has 1 aromatic carbocycles. The van der Waals surface area contributed by atoms with Crippen LogP contribution in [0, 0.1) is 6.92 Å². The molecule has 3 rings (SSSR count). The summed E-state index contributed by atoms with van der Waals surface area (Å²) in [5.74, 6) is 0.363. The number of hydrogen-bond donors (Lipinski definition) is 1. The van der Waals surface area contributed by atoms with Gasteiger partial charge in [0.05, 0.1) is 5.69 Å². The van der Waals surface area contributed by atoms with Crippen LogP contribution in [0.3, 0.4) is 0 Å². The molecule has 21 heavy (non-hydrogen) atoms. The maximum Gasteiger partial charge on any atom is 0.251 e. The lowest BCUT2D eigenvalue weighted by Gasteiger charge is -2.14. The molecule has 2 aromatic heterocycles. The van der Waals surface area contributed by atoms with Crippen molar-refractivity contribution in [2.75, 3.05) is 0 Å². The van der Waals surface area contributed by atoms with Crippen molar-refractivity contribution in [1.29, 1.82) is 0 Å². The molecule has 0 radical (unpaired) electrons. The van der Waals surface area contributed by atoms with Gasteiger partial charge in [-0.2, -0.15) is 0 Å². The number of H-pyrrole nitrogens is 1. The van der Waals surface area contributed by atoms with E-state index in [1.807, 2.05) is 20.0 Å². The van der Waals surface area contributed by atoms with E-state index >= 15 is 0 Å². The van der Waals surface area contributed by atoms with Crippen LogP contribution >= 0.6 is 0 Å². The zero-order chi connectivity index (χ0) is 15.1. The van der Waals surface area contributed by atoms with Gasteiger partial charge in [0.25, 0.3) is 5.56 Å². The third-order valence-corrected chi connectivity index (χ3v) is 4.05. The summed E-state index contributed by atoms with van der Waals surface area (Å²) < 4.78 is 2.10. The maximum absolute atomic E-state index is 12.0. The van der Waals surface area contributed by atoms with Crippen LogP contribution in [0.15, 0.2) is 41.3 Å². The predicted molar refractivity (Wildman–Crippen MR) is 87.8 cm³/mol. The molecule has 108 valence electrons. The molecule has 2 heterocycles. The van der Waals surface area contributed by atoms with Crippen LogP contribution in [0.5, 0.6) is 0 Å². The lowest BCUT2D eigenvalue weighted by Crippen LogP contribution is -2.13. The van der Waals surface area contributed by atoms with Gasteiger partial charge in [0.2, 0.25) is 0 Å². The van der Waals surface area contributed by atoms with Crippen molar-refractivity contribution in [3.63, 3.8) is 0 Å². The number of aromatic nitrogens is 2. The number of nitrogens with one attached hydrogen (secondary N) is 1. The molecule has 0 aliphatic heterocycles. The van der Waals surface area contributed by atoms with E-state index in [1.54, 1.807) is 0 Å². The minimum Gasteiger partial charge on any atom is -0.351 e. The summed E-state index contributed by atoms with van der Waals surface area (Å²) in [6, 6.07) is 10.4. The highest BCUT2D eigenvalue weighted by molar-refractivity contribution is 5.85. The molecule has 0 atom stereocenters. The van der Waals surface area contributed by atoms with Gasteiger partial charge in [0, 0.05) is 29.7 Å². The number of rotatable bonds is 2. The van der Waals surface area contributed by atoms with Gasteiger partial charge in [-0.1, -0.05) is 19.9 Å². The van der Waals surface area contributed by atoms with E-state index in [1.165, 1.54) is 16.5 Å². The molecule has 0 saturated heterocycles. The molecular weight excluding hydrogens is 260 g/mol. The van der Waals surface area contributed by atoms with Crippen LogP contribution in [-0.2, 0) is 7.05 Å². The van der Waals surface area contributed by atoms with Crippen LogP contribution < -0.4 is 5.56 Å². The van der Waals surface area contributed by atoms with Crippen LogP contribution in [-0.4, -0.2) is 9.55 Å². The molecular formula is C18H20N2O. The Hall–Kier alpha value is -2.29. The quantitative estimate of drug-likeness (QED) is 0.758. The Morgan fingerprint density at radius 3 is 2.62 bits per heavy atom. The van der Waals surface area contributed by atoms with E-state index in [0.717, 1.165) is 16.8 Å². The lowest BCUT2D eigenvalue weighted by atomic mass is 9.95. The zero-order valence-electron chi connectivity index (χ0n) is 12.9. The highest BCUT2D eigenvalue weighted by atomic mass is 16.1. The normalized spacial score (nSPS) is 11.5. The van der Waals surface area contributed by atoms with Gasteiger partial charge in [-0.3, -0.25) is 4.79 Å². The van der Waals surface area contributed by atoms with E-state index in [9.17, 15) is 4.79 Å². The largest absolute Gasteiger partial charge is 0.351 e. The molecule has 0 saturated carbocycles. The van der Waals surface area contributed by atoms with Gasteiger partial charge in [-0.15, -0.1) is 0 Å². The van der Waals surface area contributed by atoms with E-state index in [4.69, 9.17) is 0 Å². The topological polar surface area (TPSA) is 37.8 Å². The molecule has 3 heteroatoms. The predicted octanol–water partition coefficient (Wildman–Crippen LogP) is 3.97. The first kappa shape index (κ1) is 13.7. The number of nitrogens with zero attached hydrogens (tertiary/aromatic N) is 1. The fraction of sp³-hybridized carbons (Fsp3) is 0.278. The molecule has 0 aliphatic rings. The number of aryl methyl sites for hydroxylation is 2. The molecule has 0 unspecified atom stereocenters. The summed E-state index contributed by atoms with van der Waals surface area (Å²) in [6.07, 6.45) is 2.05. The minimum absolute atomic E-state index is 0.0115. The molecule has 0 fully saturated rings. The lowest BCUT2D eigenvalue weighted by molar-refractivity contribution is 0.856. The average Bonchev–Trinajstić information content (AvgIpc) is 2.82. The first-order valence-electron chi connectivity index (χ1n) is 7.26. The Labute approximate surface area is 124 Å². The van der Waals surface area contributed by atoms with E-state index < -0.39 is 0 Å². The fourth-order valence-electron chi connectivity index (χ4n) is 2.79. The van der Waals surface area contributed by atoms with E-state index in [0.29, 0.717) is 5.92 Å². The molecule has 0 aliphatic carbocycles. The van der Waals surface area contributed by atoms with Gasteiger partial charge in [0.15, 0.2) is 0 Å². The van der Waals surface area contributed by atoms with Crippen molar-refractivity contribution in [3.8, 4) is 11.3 Å². The fourth-order valence-corrected chi connectivity index (χ4v) is 2.79. The minimum atomic E-state index is -0.0115. The van der Waals surface area contributed by atoms with Gasteiger partial charge >= 0.3 is 0 Å². The number of fused-ring (bicyclic) bond motifs is 1. The Balaban J connectivity index is 2.26. The van der Waals surface area contributed by atoms with E-state index in [-0.39, 0.29) is 5.56 Å². The second-order valence-corrected chi connectivity index (χ2v) is 5.97. The Morgan fingerprint density at radius 2 is 1.90 bits per heavy atom. The molecule has 1 N–H and O–H groups in total. The van der Waals surface area contributed by atoms with Gasteiger partial charge in [-0.05, 0) is 48.2 Å². The van der Waals surface area contributed by atoms with Crippen molar-refractivity contribution in [1.82, 2.24) is 9.55 Å². The van der Waals surface area contributed by atoms with Crippen LogP contribution in [0.25, 0.3) is 22.2 Å². The molecule has 3 aromatic rings. The second kappa shape index (κ2) is 4.92. The van der Waals surface area contributed by atoms with Crippen molar-refractivity contribution in [3.05, 3.63) is 58.0 Å². The summed E-state index contributed by atoms with van der Waals surface area (Å²) in [5.41, 5.74) is 5.13. The summed E-state index contributed by atoms with van der Waals surface area (Å²) in [5, 5.41) is 1.19.